The second kappa shape index (κ2) is 21.2. The second-order valence-electron chi connectivity index (χ2n) is 15.1. The number of nitrogens with one attached hydrogen (secondary N) is 4. The van der Waals surface area contributed by atoms with Gasteiger partial charge in [0.05, 0.1) is 28.4 Å². The van der Waals surface area contributed by atoms with E-state index in [2.05, 4.69) is 21.3 Å². The minimum absolute atomic E-state index is 0.0580. The molecule has 0 saturated carbocycles. The van der Waals surface area contributed by atoms with Gasteiger partial charge in [-0.2, -0.15) is 33.7 Å². The van der Waals surface area contributed by atoms with Gasteiger partial charge in [-0.3, -0.25) is 18.2 Å². The van der Waals surface area contributed by atoms with Crippen LogP contribution in [0.3, 0.4) is 0 Å². The molecular formula is C40H52N4O16S4. The molecule has 5 rings (SSSR count). The maximum atomic E-state index is 12.3. The largest absolute Gasteiger partial charge is 0.495 e. The van der Waals surface area contributed by atoms with Crippen LogP contribution in [0.1, 0.15) is 22.3 Å². The molecule has 352 valence electrons. The Hall–Kier alpha value is -4.44. The lowest BCUT2D eigenvalue weighted by Crippen LogP contribution is -2.55. The first-order valence-corrected chi connectivity index (χ1v) is 25.3. The molecule has 1 fully saturated rings. The summed E-state index contributed by atoms with van der Waals surface area (Å²) in [4.78, 5) is -1.70. The number of ether oxygens (including phenoxy) is 4. The molecule has 64 heavy (non-hydrogen) atoms. The molecule has 0 spiro atoms. The van der Waals surface area contributed by atoms with E-state index >= 15 is 0 Å². The fraction of sp³-hybridized carbons (Fsp3) is 0.400. The van der Waals surface area contributed by atoms with Crippen LogP contribution in [0.15, 0.2) is 92.4 Å². The van der Waals surface area contributed by atoms with Gasteiger partial charge in [-0.05, 0) is 96.5 Å². The normalized spacial score (nSPS) is 19.5. The Morgan fingerprint density at radius 1 is 0.391 bits per heavy atom. The Labute approximate surface area is 373 Å². The van der Waals surface area contributed by atoms with Crippen LogP contribution >= 0.6 is 0 Å². The van der Waals surface area contributed by atoms with Crippen molar-refractivity contribution in [3.8, 4) is 23.0 Å². The van der Waals surface area contributed by atoms with Crippen molar-refractivity contribution in [1.29, 1.82) is 0 Å². The van der Waals surface area contributed by atoms with E-state index in [9.17, 15) is 51.9 Å². The minimum Gasteiger partial charge on any atom is -0.495 e. The lowest BCUT2D eigenvalue weighted by Gasteiger charge is -2.31. The van der Waals surface area contributed by atoms with Crippen molar-refractivity contribution in [2.45, 2.75) is 69.4 Å². The lowest BCUT2D eigenvalue weighted by atomic mass is 9.99. The summed E-state index contributed by atoms with van der Waals surface area (Å²) < 4.78 is 159. The van der Waals surface area contributed by atoms with E-state index in [1.165, 1.54) is 77.0 Å². The van der Waals surface area contributed by atoms with Gasteiger partial charge in [-0.15, -0.1) is 0 Å². The summed E-state index contributed by atoms with van der Waals surface area (Å²) in [5.41, 5.74) is 2.07. The van der Waals surface area contributed by atoms with Crippen LogP contribution in [0.2, 0.25) is 0 Å². The van der Waals surface area contributed by atoms with Gasteiger partial charge in [0.1, 0.15) is 42.6 Å². The summed E-state index contributed by atoms with van der Waals surface area (Å²) >= 11 is 0. The topological polar surface area (TPSA) is 303 Å². The second-order valence-corrected chi connectivity index (χ2v) is 20.6. The fourth-order valence-electron chi connectivity index (χ4n) is 7.44. The maximum absolute atomic E-state index is 12.3. The molecule has 0 bridgehead atoms. The molecule has 4 aromatic rings. The van der Waals surface area contributed by atoms with E-state index in [1.807, 2.05) is 0 Å². The predicted octanol–water partition coefficient (Wildman–Crippen LogP) is 1.82. The van der Waals surface area contributed by atoms with Crippen LogP contribution < -0.4 is 40.2 Å². The first-order valence-electron chi connectivity index (χ1n) is 19.5. The first-order chi connectivity index (χ1) is 30.0. The third kappa shape index (κ3) is 13.8. The van der Waals surface area contributed by atoms with Crippen LogP contribution in [0, 0.1) is 0 Å². The van der Waals surface area contributed by atoms with E-state index in [0.717, 1.165) is 0 Å². The van der Waals surface area contributed by atoms with Crippen molar-refractivity contribution >= 4 is 40.5 Å². The van der Waals surface area contributed by atoms with Crippen LogP contribution in [0.5, 0.6) is 23.0 Å². The molecule has 1 aliphatic rings. The zero-order valence-electron chi connectivity index (χ0n) is 35.2. The summed E-state index contributed by atoms with van der Waals surface area (Å²) in [6.45, 7) is 0.904. The Kier molecular flexibility index (Phi) is 16.8. The summed E-state index contributed by atoms with van der Waals surface area (Å²) in [6, 6.07) is 15.7. The van der Waals surface area contributed by atoms with Crippen molar-refractivity contribution in [2.24, 2.45) is 0 Å². The van der Waals surface area contributed by atoms with Gasteiger partial charge >= 0.3 is 0 Å². The van der Waals surface area contributed by atoms with Crippen molar-refractivity contribution in [2.75, 3.05) is 54.6 Å². The van der Waals surface area contributed by atoms with Gasteiger partial charge in [-0.25, -0.2) is 0 Å². The fourth-order valence-corrected chi connectivity index (χ4v) is 10.3. The summed E-state index contributed by atoms with van der Waals surface area (Å²) in [7, 11) is -13.6. The highest BCUT2D eigenvalue weighted by Gasteiger charge is 2.26. The van der Waals surface area contributed by atoms with Crippen LogP contribution in [-0.2, 0) is 66.2 Å². The van der Waals surface area contributed by atoms with E-state index in [0.29, 0.717) is 22.3 Å². The molecule has 1 heterocycles. The summed E-state index contributed by atoms with van der Waals surface area (Å²) in [5.74, 6) is -0.232. The Bertz CT molecular complexity index is 2350. The van der Waals surface area contributed by atoms with Crippen molar-refractivity contribution < 1.29 is 70.8 Å². The molecule has 0 aliphatic carbocycles. The minimum atomic E-state index is -4.67. The van der Waals surface area contributed by atoms with Gasteiger partial charge in [0.25, 0.3) is 40.5 Å². The standard InChI is InChI=1S/C40H52N4O16S4/c1-57-33-9-5-25(17-37(33)61(45,46)47)13-29-21-42-31(15-27-7-11-35(59-3)39(19-27)63(51,52)53)23-44-32(16-28-8-12-36(60-4)40(20-28)64(54,55)56)24-43-30(22-41-29)14-26-6-10-34(58-2)38(18-26)62(48,49)50/h5-12,17-20,29-32,41-44H,13-16,21-24H2,1-4H3,(H,45,46,47)(H,48,49,50)(H,51,52,53)(H,54,55,56)/t29-,30-,31-,32-/m0/s1. The first kappa shape index (κ1) is 50.6. The monoisotopic (exact) mass is 972 g/mol. The SMILES string of the molecule is COc1ccc(C[C@H]2CN[C@@H](Cc3ccc(OC)c(S(=O)(=O)O)c3)CN[C@@H](Cc3ccc(OC)c(S(=O)(=O)O)c3)CN[C@@H](Cc3ccc(OC)c(S(=O)(=O)O)c3)CN2)cc1S(=O)(=O)O. The van der Waals surface area contributed by atoms with E-state index in [-0.39, 0.29) is 74.9 Å². The number of hydrogen-bond donors (Lipinski definition) is 8. The third-order valence-electron chi connectivity index (χ3n) is 10.6. The summed E-state index contributed by atoms with van der Waals surface area (Å²) in [5, 5.41) is 14.1. The van der Waals surface area contributed by atoms with Gasteiger partial charge in [0.2, 0.25) is 0 Å². The Balaban J connectivity index is 1.54. The molecule has 0 radical (unpaired) electrons. The molecule has 1 aliphatic heterocycles. The molecule has 0 unspecified atom stereocenters. The number of benzene rings is 4. The average molecular weight is 973 g/mol. The molecule has 1 saturated heterocycles. The van der Waals surface area contributed by atoms with Crippen molar-refractivity contribution in [1.82, 2.24) is 21.3 Å². The van der Waals surface area contributed by atoms with Gasteiger partial charge in [0.15, 0.2) is 0 Å². The maximum Gasteiger partial charge on any atom is 0.298 e. The third-order valence-corrected chi connectivity index (χ3v) is 14.1. The van der Waals surface area contributed by atoms with E-state index in [1.54, 1.807) is 24.3 Å². The molecule has 8 N–H and O–H groups in total. The zero-order chi connectivity index (χ0) is 47.0. The van der Waals surface area contributed by atoms with Gasteiger partial charge in [0, 0.05) is 50.3 Å². The number of hydrogen-bond acceptors (Lipinski definition) is 16. The summed E-state index contributed by atoms with van der Waals surface area (Å²) in [6.07, 6.45) is 0.863. The van der Waals surface area contributed by atoms with Crippen LogP contribution in [-0.4, -0.2) is 131 Å². The highest BCUT2D eigenvalue weighted by molar-refractivity contribution is 7.86. The molecule has 20 nitrogen and oxygen atoms in total. The van der Waals surface area contributed by atoms with Crippen LogP contribution in [0.4, 0.5) is 0 Å². The highest BCUT2D eigenvalue weighted by atomic mass is 32.2. The molecule has 0 aromatic heterocycles. The number of rotatable bonds is 16. The van der Waals surface area contributed by atoms with E-state index in [4.69, 9.17) is 18.9 Å². The van der Waals surface area contributed by atoms with Gasteiger partial charge in [-0.1, -0.05) is 24.3 Å². The molecule has 4 atom stereocenters. The molecule has 4 aromatic carbocycles. The molecule has 0 amide bonds. The Morgan fingerprint density at radius 2 is 0.578 bits per heavy atom. The molecule has 24 heteroatoms. The van der Waals surface area contributed by atoms with E-state index < -0.39 is 84.2 Å². The van der Waals surface area contributed by atoms with Crippen LogP contribution in [0.25, 0.3) is 0 Å². The number of methoxy groups -OCH3 is 4. The van der Waals surface area contributed by atoms with Crippen molar-refractivity contribution in [3.05, 3.63) is 95.1 Å². The molecular weight excluding hydrogens is 921 g/mol. The average Bonchev–Trinajstić information content (AvgIpc) is 3.23. The van der Waals surface area contributed by atoms with Crippen molar-refractivity contribution in [3.63, 3.8) is 0 Å². The Morgan fingerprint density at radius 3 is 0.734 bits per heavy atom. The lowest BCUT2D eigenvalue weighted by molar-refractivity contribution is 0.341. The highest BCUT2D eigenvalue weighted by Crippen LogP contribution is 2.29. The smallest absolute Gasteiger partial charge is 0.298 e. The predicted molar refractivity (Wildman–Crippen MR) is 233 cm³/mol. The van der Waals surface area contributed by atoms with Gasteiger partial charge < -0.3 is 40.2 Å². The zero-order valence-corrected chi connectivity index (χ0v) is 38.5. The quantitative estimate of drug-likeness (QED) is 0.0743.